The van der Waals surface area contributed by atoms with Crippen LogP contribution in [-0.4, -0.2) is 48.5 Å². The van der Waals surface area contributed by atoms with Gasteiger partial charge in [0.25, 0.3) is 0 Å². The van der Waals surface area contributed by atoms with Crippen molar-refractivity contribution in [2.75, 3.05) is 37.6 Å². The summed E-state index contributed by atoms with van der Waals surface area (Å²) in [6.07, 6.45) is 0.196. The van der Waals surface area contributed by atoms with E-state index in [1.165, 1.54) is 23.8 Å². The summed E-state index contributed by atoms with van der Waals surface area (Å²) in [7, 11) is 0. The highest BCUT2D eigenvalue weighted by atomic mass is 32.1. The van der Waals surface area contributed by atoms with Gasteiger partial charge in [-0.05, 0) is 68.3 Å². The molecule has 2 aliphatic rings. The molecule has 0 saturated carbocycles. The fraction of sp³-hybridized carbons (Fsp3) is 0.583. The Hall–Kier alpha value is -2.13. The minimum Gasteiger partial charge on any atom is -0.357 e. The van der Waals surface area contributed by atoms with Gasteiger partial charge < -0.3 is 10.2 Å². The summed E-state index contributed by atoms with van der Waals surface area (Å²) in [6.45, 7) is 6.22. The lowest BCUT2D eigenvalue weighted by molar-refractivity contribution is -0.137. The quantitative estimate of drug-likeness (QED) is 0.635. The Morgan fingerprint density at radius 2 is 1.88 bits per heavy atom. The van der Waals surface area contributed by atoms with E-state index in [0.717, 1.165) is 31.3 Å². The van der Waals surface area contributed by atoms with Crippen molar-refractivity contribution in [2.45, 2.75) is 44.8 Å². The van der Waals surface area contributed by atoms with E-state index in [-0.39, 0.29) is 17.9 Å². The molecule has 180 valence electrons. The summed E-state index contributed by atoms with van der Waals surface area (Å²) >= 11 is 1.74. The van der Waals surface area contributed by atoms with E-state index >= 15 is 0 Å². The Bertz CT molecular complexity index is 887. The zero-order chi connectivity index (χ0) is 23.4. The number of pyridine rings is 1. The number of aromatic nitrogens is 1. The van der Waals surface area contributed by atoms with Crippen molar-refractivity contribution in [3.63, 3.8) is 0 Å². The molecule has 1 amide bonds. The first-order valence-corrected chi connectivity index (χ1v) is 12.5. The van der Waals surface area contributed by atoms with Gasteiger partial charge in [0.05, 0.1) is 11.6 Å². The van der Waals surface area contributed by atoms with E-state index in [1.807, 2.05) is 4.90 Å². The number of thiophene rings is 1. The van der Waals surface area contributed by atoms with Gasteiger partial charge in [-0.3, -0.25) is 9.69 Å². The highest BCUT2D eigenvalue weighted by molar-refractivity contribution is 7.10. The Labute approximate surface area is 197 Å². The smallest absolute Gasteiger partial charge is 0.357 e. The number of likely N-dealkylation sites (tertiary alicyclic amines) is 1. The Balaban J connectivity index is 1.29. The number of alkyl halides is 3. The van der Waals surface area contributed by atoms with Crippen molar-refractivity contribution in [3.8, 4) is 0 Å². The van der Waals surface area contributed by atoms with Crippen molar-refractivity contribution in [1.82, 2.24) is 15.2 Å². The summed E-state index contributed by atoms with van der Waals surface area (Å²) in [5.41, 5.74) is -0.746. The lowest BCUT2D eigenvalue weighted by Crippen LogP contribution is -2.45. The number of hydrogen-bond acceptors (Lipinski definition) is 5. The maximum Gasteiger partial charge on any atom is 0.417 e. The molecule has 2 aromatic heterocycles. The molecule has 0 aliphatic carbocycles. The maximum atomic E-state index is 12.9. The molecule has 0 spiro atoms. The van der Waals surface area contributed by atoms with Crippen molar-refractivity contribution in [1.29, 1.82) is 0 Å². The van der Waals surface area contributed by atoms with Gasteiger partial charge in [0.15, 0.2) is 0 Å². The van der Waals surface area contributed by atoms with Crippen LogP contribution in [0.1, 0.15) is 49.1 Å². The highest BCUT2D eigenvalue weighted by Gasteiger charge is 2.32. The first-order valence-electron chi connectivity index (χ1n) is 11.6. The maximum absolute atomic E-state index is 12.9. The number of piperidine rings is 2. The van der Waals surface area contributed by atoms with Crippen molar-refractivity contribution in [3.05, 3.63) is 46.3 Å². The SMILES string of the molecule is CC1CCN([C@@H](CNC(=O)C2CCN(c3ccc(C(F)(F)F)cn3)CC2)c2cccs2)CC1. The van der Waals surface area contributed by atoms with E-state index in [4.69, 9.17) is 0 Å². The second-order valence-corrected chi connectivity index (χ2v) is 10.1. The molecule has 4 rings (SSSR count). The molecule has 2 saturated heterocycles. The molecular weight excluding hydrogens is 449 g/mol. The van der Waals surface area contributed by atoms with Crippen molar-refractivity contribution in [2.24, 2.45) is 11.8 Å². The van der Waals surface area contributed by atoms with Crippen molar-refractivity contribution < 1.29 is 18.0 Å². The van der Waals surface area contributed by atoms with E-state index in [2.05, 4.69) is 39.6 Å². The Morgan fingerprint density at radius 3 is 2.45 bits per heavy atom. The third-order valence-electron chi connectivity index (χ3n) is 6.87. The average Bonchev–Trinajstić information content (AvgIpc) is 3.34. The largest absolute Gasteiger partial charge is 0.417 e. The zero-order valence-corrected chi connectivity index (χ0v) is 19.7. The first-order chi connectivity index (χ1) is 15.8. The molecule has 1 N–H and O–H groups in total. The van der Waals surface area contributed by atoms with E-state index in [0.29, 0.717) is 38.3 Å². The van der Waals surface area contributed by atoms with Gasteiger partial charge in [-0.15, -0.1) is 11.3 Å². The molecule has 0 unspecified atom stereocenters. The van der Waals surface area contributed by atoms with Gasteiger partial charge in [-0.2, -0.15) is 13.2 Å². The minimum atomic E-state index is -4.38. The predicted octanol–water partition coefficient (Wildman–Crippen LogP) is 4.97. The van der Waals surface area contributed by atoms with E-state index in [1.54, 1.807) is 11.3 Å². The van der Waals surface area contributed by atoms with Crippen LogP contribution in [0.5, 0.6) is 0 Å². The van der Waals surface area contributed by atoms with Gasteiger partial charge in [0.2, 0.25) is 5.91 Å². The van der Waals surface area contributed by atoms with Crippen LogP contribution >= 0.6 is 11.3 Å². The molecule has 33 heavy (non-hydrogen) atoms. The fourth-order valence-corrected chi connectivity index (χ4v) is 5.54. The molecular formula is C24H31F3N4OS. The number of halogens is 3. The molecule has 0 bridgehead atoms. The number of hydrogen-bond donors (Lipinski definition) is 1. The summed E-state index contributed by atoms with van der Waals surface area (Å²) in [5, 5.41) is 5.28. The first kappa shape index (κ1) is 24.0. The highest BCUT2D eigenvalue weighted by Crippen LogP contribution is 2.31. The van der Waals surface area contributed by atoms with Gasteiger partial charge in [0.1, 0.15) is 5.82 Å². The van der Waals surface area contributed by atoms with E-state index < -0.39 is 11.7 Å². The Kier molecular flexibility index (Phi) is 7.58. The van der Waals surface area contributed by atoms with Crippen LogP contribution in [-0.2, 0) is 11.0 Å². The molecule has 2 aliphatic heterocycles. The van der Waals surface area contributed by atoms with Gasteiger partial charge in [0, 0.05) is 36.6 Å². The van der Waals surface area contributed by atoms with Crippen LogP contribution in [0.15, 0.2) is 35.8 Å². The van der Waals surface area contributed by atoms with Crippen molar-refractivity contribution >= 4 is 23.1 Å². The number of amides is 1. The lowest BCUT2D eigenvalue weighted by atomic mass is 9.95. The molecule has 5 nitrogen and oxygen atoms in total. The summed E-state index contributed by atoms with van der Waals surface area (Å²) in [6, 6.07) is 6.89. The molecule has 4 heterocycles. The second-order valence-electron chi connectivity index (χ2n) is 9.16. The zero-order valence-electron chi connectivity index (χ0n) is 18.9. The summed E-state index contributed by atoms with van der Waals surface area (Å²) in [4.78, 5) is 22.6. The number of nitrogens with one attached hydrogen (secondary N) is 1. The predicted molar refractivity (Wildman–Crippen MR) is 124 cm³/mol. The number of anilines is 1. The third-order valence-corrected chi connectivity index (χ3v) is 7.84. The fourth-order valence-electron chi connectivity index (χ4n) is 4.68. The number of carbonyl (C=O) groups is 1. The monoisotopic (exact) mass is 480 g/mol. The summed E-state index contributed by atoms with van der Waals surface area (Å²) < 4.78 is 38.3. The van der Waals surface area contributed by atoms with Crippen LogP contribution in [0.3, 0.4) is 0 Å². The van der Waals surface area contributed by atoms with Gasteiger partial charge in [-0.1, -0.05) is 13.0 Å². The van der Waals surface area contributed by atoms with Crippen LogP contribution in [0.25, 0.3) is 0 Å². The standard InChI is InChI=1S/C24H31F3N4OS/c1-17-6-10-30(11-7-17)20(21-3-2-14-33-21)16-29-23(32)18-8-12-31(13-9-18)22-5-4-19(15-28-22)24(25,26)27/h2-5,14-15,17-18,20H,6-13,16H2,1H3,(H,29,32)/t20-/m0/s1. The number of rotatable bonds is 6. The molecule has 2 fully saturated rings. The molecule has 1 atom stereocenters. The average molecular weight is 481 g/mol. The molecule has 9 heteroatoms. The van der Waals surface area contributed by atoms with Crippen LogP contribution in [0.2, 0.25) is 0 Å². The summed E-state index contributed by atoms with van der Waals surface area (Å²) in [5.74, 6) is 1.27. The number of nitrogens with zero attached hydrogens (tertiary/aromatic N) is 3. The molecule has 2 aromatic rings. The second kappa shape index (κ2) is 10.4. The minimum absolute atomic E-state index is 0.0713. The third kappa shape index (κ3) is 6.06. The molecule has 0 aromatic carbocycles. The molecule has 0 radical (unpaired) electrons. The normalized spacial score (nSPS) is 20.1. The van der Waals surface area contributed by atoms with Gasteiger partial charge in [-0.25, -0.2) is 4.98 Å². The number of carbonyl (C=O) groups excluding carboxylic acids is 1. The van der Waals surface area contributed by atoms with Crippen LogP contribution in [0, 0.1) is 11.8 Å². The van der Waals surface area contributed by atoms with Crippen LogP contribution < -0.4 is 10.2 Å². The Morgan fingerprint density at radius 1 is 1.15 bits per heavy atom. The van der Waals surface area contributed by atoms with Crippen LogP contribution in [0.4, 0.5) is 19.0 Å². The topological polar surface area (TPSA) is 48.5 Å². The van der Waals surface area contributed by atoms with E-state index in [9.17, 15) is 18.0 Å². The van der Waals surface area contributed by atoms with Gasteiger partial charge >= 0.3 is 6.18 Å². The lowest BCUT2D eigenvalue weighted by Gasteiger charge is -2.37.